The molecule has 0 bridgehead atoms. The first-order valence-electron chi connectivity index (χ1n) is 8.74. The van der Waals surface area contributed by atoms with Crippen LogP contribution in [0.15, 0.2) is 70.5 Å². The highest BCUT2D eigenvalue weighted by molar-refractivity contribution is 7.96. The Morgan fingerprint density at radius 3 is 1.96 bits per heavy atom. The molecule has 3 nitrogen and oxygen atoms in total. The molecule has 4 heteroatoms. The number of hydrogen-bond acceptors (Lipinski definition) is 3. The van der Waals surface area contributed by atoms with Gasteiger partial charge >= 0.3 is 0 Å². The lowest BCUT2D eigenvalue weighted by Gasteiger charge is -2.26. The van der Waals surface area contributed by atoms with Gasteiger partial charge in [-0.15, -0.1) is 0 Å². The zero-order valence-electron chi connectivity index (χ0n) is 13.9. The Bertz CT molecular complexity index is 928. The highest BCUT2D eigenvalue weighted by atomic mass is 32.2. The van der Waals surface area contributed by atoms with E-state index < -0.39 is 9.84 Å². The van der Waals surface area contributed by atoms with E-state index in [0.717, 1.165) is 36.8 Å². The fraction of sp³-hybridized carbons (Fsp3) is 0.286. The molecule has 2 aliphatic carbocycles. The Kier molecular flexibility index (Phi) is 4.08. The van der Waals surface area contributed by atoms with E-state index in [0.29, 0.717) is 0 Å². The number of benzene rings is 2. The molecule has 2 aromatic carbocycles. The molecule has 25 heavy (non-hydrogen) atoms. The van der Waals surface area contributed by atoms with Gasteiger partial charge in [0.1, 0.15) is 4.91 Å². The Labute approximate surface area is 148 Å². The molecule has 2 unspecified atom stereocenters. The summed E-state index contributed by atoms with van der Waals surface area (Å²) in [7, 11) is -3.81. The SMILES string of the molecule is O=C1C(S(=O)(=O)c2ccccc2)=C(c2ccccc2)C2CCCCC12. The molecule has 0 saturated heterocycles. The molecule has 0 radical (unpaired) electrons. The number of ketones is 1. The van der Waals surface area contributed by atoms with E-state index in [1.54, 1.807) is 30.3 Å². The molecule has 2 aliphatic rings. The maximum Gasteiger partial charge on any atom is 0.210 e. The standard InChI is InChI=1S/C21H20O3S/c22-20-18-14-8-7-13-17(18)19(15-9-3-1-4-10-15)21(20)25(23,24)16-11-5-2-6-12-16/h1-6,9-12,17-18H,7-8,13-14H2. The van der Waals surface area contributed by atoms with Gasteiger partial charge in [0.2, 0.25) is 9.84 Å². The average molecular weight is 352 g/mol. The predicted molar refractivity (Wildman–Crippen MR) is 97.4 cm³/mol. The fourth-order valence-corrected chi connectivity index (χ4v) is 5.94. The Balaban J connectivity index is 1.96. The van der Waals surface area contributed by atoms with Crippen molar-refractivity contribution < 1.29 is 13.2 Å². The maximum absolute atomic E-state index is 13.3. The van der Waals surface area contributed by atoms with Gasteiger partial charge in [-0.2, -0.15) is 0 Å². The van der Waals surface area contributed by atoms with Crippen molar-refractivity contribution in [1.29, 1.82) is 0 Å². The van der Waals surface area contributed by atoms with Crippen molar-refractivity contribution in [2.24, 2.45) is 11.8 Å². The van der Waals surface area contributed by atoms with Gasteiger partial charge in [0.05, 0.1) is 4.90 Å². The second-order valence-electron chi connectivity index (χ2n) is 6.79. The number of allylic oxidation sites excluding steroid dienone is 2. The maximum atomic E-state index is 13.3. The van der Waals surface area contributed by atoms with Crippen molar-refractivity contribution in [3.05, 3.63) is 71.1 Å². The normalized spacial score (nSPS) is 23.6. The summed E-state index contributed by atoms with van der Waals surface area (Å²) in [6, 6.07) is 17.8. The van der Waals surface area contributed by atoms with Crippen molar-refractivity contribution >= 4 is 21.2 Å². The largest absolute Gasteiger partial charge is 0.293 e. The molecule has 0 spiro atoms. The van der Waals surface area contributed by atoms with Gasteiger partial charge in [0.15, 0.2) is 5.78 Å². The summed E-state index contributed by atoms with van der Waals surface area (Å²) < 4.78 is 26.6. The number of carbonyl (C=O) groups excluding carboxylic acids is 1. The summed E-state index contributed by atoms with van der Waals surface area (Å²) in [6.45, 7) is 0. The summed E-state index contributed by atoms with van der Waals surface area (Å²) in [5.74, 6) is -0.345. The average Bonchev–Trinajstić information content (AvgIpc) is 2.97. The molecule has 2 aromatic rings. The van der Waals surface area contributed by atoms with Gasteiger partial charge in [0, 0.05) is 5.92 Å². The fourth-order valence-electron chi connectivity index (χ4n) is 4.22. The van der Waals surface area contributed by atoms with Crippen LogP contribution in [-0.2, 0) is 14.6 Å². The number of carbonyl (C=O) groups is 1. The van der Waals surface area contributed by atoms with Crippen LogP contribution in [0.5, 0.6) is 0 Å². The van der Waals surface area contributed by atoms with Crippen LogP contribution in [0.1, 0.15) is 31.2 Å². The van der Waals surface area contributed by atoms with E-state index in [4.69, 9.17) is 0 Å². The van der Waals surface area contributed by atoms with Crippen LogP contribution in [0.4, 0.5) is 0 Å². The molecule has 4 rings (SSSR count). The predicted octanol–water partition coefficient (Wildman–Crippen LogP) is 4.26. The monoisotopic (exact) mass is 352 g/mol. The summed E-state index contributed by atoms with van der Waals surface area (Å²) in [5.41, 5.74) is 1.60. The zero-order valence-corrected chi connectivity index (χ0v) is 14.7. The molecule has 0 amide bonds. The van der Waals surface area contributed by atoms with Gasteiger partial charge in [-0.1, -0.05) is 61.4 Å². The Morgan fingerprint density at radius 2 is 1.32 bits per heavy atom. The van der Waals surface area contributed by atoms with E-state index in [9.17, 15) is 13.2 Å². The molecular formula is C21H20O3S. The molecule has 0 aromatic heterocycles. The minimum Gasteiger partial charge on any atom is -0.293 e. The van der Waals surface area contributed by atoms with E-state index in [1.165, 1.54) is 0 Å². The van der Waals surface area contributed by atoms with Crippen molar-refractivity contribution in [2.45, 2.75) is 30.6 Å². The summed E-state index contributed by atoms with van der Waals surface area (Å²) in [6.07, 6.45) is 3.71. The van der Waals surface area contributed by atoms with Crippen molar-refractivity contribution in [3.63, 3.8) is 0 Å². The van der Waals surface area contributed by atoms with Crippen molar-refractivity contribution in [1.82, 2.24) is 0 Å². The number of sulfone groups is 1. The zero-order chi connectivity index (χ0) is 17.4. The second kappa shape index (κ2) is 6.26. The third-order valence-corrected chi connectivity index (χ3v) is 7.20. The smallest absolute Gasteiger partial charge is 0.210 e. The number of rotatable bonds is 3. The third kappa shape index (κ3) is 2.65. The van der Waals surface area contributed by atoms with Crippen LogP contribution in [0, 0.1) is 11.8 Å². The van der Waals surface area contributed by atoms with E-state index in [1.807, 2.05) is 30.3 Å². The number of hydrogen-bond donors (Lipinski definition) is 0. The number of Topliss-reactive ketones (excluding diaryl/α,β-unsaturated/α-hetero) is 1. The molecule has 1 fully saturated rings. The van der Waals surface area contributed by atoms with Gasteiger partial charge in [-0.25, -0.2) is 8.42 Å². The van der Waals surface area contributed by atoms with Crippen LogP contribution in [-0.4, -0.2) is 14.2 Å². The molecular weight excluding hydrogens is 332 g/mol. The van der Waals surface area contributed by atoms with Crippen LogP contribution in [0.25, 0.3) is 5.57 Å². The molecule has 128 valence electrons. The third-order valence-electron chi connectivity index (χ3n) is 5.35. The van der Waals surface area contributed by atoms with Gasteiger partial charge in [-0.3, -0.25) is 4.79 Å². The lowest BCUT2D eigenvalue weighted by Crippen LogP contribution is -2.22. The van der Waals surface area contributed by atoms with Gasteiger partial charge in [-0.05, 0) is 42.0 Å². The van der Waals surface area contributed by atoms with Gasteiger partial charge < -0.3 is 0 Å². The van der Waals surface area contributed by atoms with Crippen LogP contribution in [0.2, 0.25) is 0 Å². The van der Waals surface area contributed by atoms with Crippen LogP contribution >= 0.6 is 0 Å². The van der Waals surface area contributed by atoms with Crippen molar-refractivity contribution in [3.8, 4) is 0 Å². The van der Waals surface area contributed by atoms with Crippen LogP contribution < -0.4 is 0 Å². The van der Waals surface area contributed by atoms with Crippen LogP contribution in [0.3, 0.4) is 0 Å². The summed E-state index contributed by atoms with van der Waals surface area (Å²) >= 11 is 0. The Morgan fingerprint density at radius 1 is 0.760 bits per heavy atom. The number of fused-ring (bicyclic) bond motifs is 1. The van der Waals surface area contributed by atoms with E-state index >= 15 is 0 Å². The minimum absolute atomic E-state index is 0.0251. The second-order valence-corrected chi connectivity index (χ2v) is 8.67. The molecule has 2 atom stereocenters. The quantitative estimate of drug-likeness (QED) is 0.829. The lowest BCUT2D eigenvalue weighted by molar-refractivity contribution is -0.119. The molecule has 0 aliphatic heterocycles. The highest BCUT2D eigenvalue weighted by Gasteiger charge is 2.47. The van der Waals surface area contributed by atoms with Crippen molar-refractivity contribution in [2.75, 3.05) is 0 Å². The molecule has 0 N–H and O–H groups in total. The Hall–Kier alpha value is -2.20. The first-order chi connectivity index (χ1) is 12.1. The topological polar surface area (TPSA) is 51.2 Å². The first kappa shape index (κ1) is 16.3. The molecule has 0 heterocycles. The summed E-state index contributed by atoms with van der Waals surface area (Å²) in [5, 5.41) is 0. The highest BCUT2D eigenvalue weighted by Crippen LogP contribution is 2.50. The minimum atomic E-state index is -3.81. The van der Waals surface area contributed by atoms with E-state index in [2.05, 4.69) is 0 Å². The van der Waals surface area contributed by atoms with E-state index in [-0.39, 0.29) is 27.4 Å². The lowest BCUT2D eigenvalue weighted by atomic mass is 9.77. The molecule has 1 saturated carbocycles. The summed E-state index contributed by atoms with van der Waals surface area (Å²) in [4.78, 5) is 13.3. The first-order valence-corrected chi connectivity index (χ1v) is 10.2. The van der Waals surface area contributed by atoms with Gasteiger partial charge in [0.25, 0.3) is 0 Å².